The Bertz CT molecular complexity index is 840. The molecule has 0 radical (unpaired) electrons. The zero-order valence-corrected chi connectivity index (χ0v) is 16.4. The summed E-state index contributed by atoms with van der Waals surface area (Å²) in [6.45, 7) is 1.62. The number of anilines is 1. The highest BCUT2D eigenvalue weighted by molar-refractivity contribution is 6.27. The van der Waals surface area contributed by atoms with Crippen molar-refractivity contribution in [3.63, 3.8) is 0 Å². The molecule has 7 heteroatoms. The van der Waals surface area contributed by atoms with Crippen LogP contribution in [0.25, 0.3) is 0 Å². The molecule has 0 heterocycles. The van der Waals surface area contributed by atoms with E-state index in [0.29, 0.717) is 6.42 Å². The van der Waals surface area contributed by atoms with Gasteiger partial charge in [-0.3, -0.25) is 4.79 Å². The Morgan fingerprint density at radius 3 is 2.28 bits per heavy atom. The van der Waals surface area contributed by atoms with Gasteiger partial charge in [-0.15, -0.1) is 0 Å². The van der Waals surface area contributed by atoms with Gasteiger partial charge >= 0.3 is 11.9 Å². The SMILES string of the molecule is CN(CCC(=O)Nc1ccc2c(c1)CCC2)Cc1ccccc1.O=C(O)C(=O)O. The van der Waals surface area contributed by atoms with E-state index >= 15 is 0 Å². The summed E-state index contributed by atoms with van der Waals surface area (Å²) in [5.74, 6) is -3.56. The molecule has 0 aromatic heterocycles. The summed E-state index contributed by atoms with van der Waals surface area (Å²) in [5.41, 5.74) is 5.03. The maximum absolute atomic E-state index is 12.1. The van der Waals surface area contributed by atoms with Gasteiger partial charge in [-0.05, 0) is 55.1 Å². The van der Waals surface area contributed by atoms with Crippen LogP contribution in [0.4, 0.5) is 5.69 Å². The van der Waals surface area contributed by atoms with Crippen LogP contribution in [0.1, 0.15) is 29.5 Å². The van der Waals surface area contributed by atoms with Crippen LogP contribution in [-0.2, 0) is 33.8 Å². The lowest BCUT2D eigenvalue weighted by Gasteiger charge is -2.16. The Kier molecular flexibility index (Phi) is 8.36. The number of carboxylic acid groups (broad SMARTS) is 2. The van der Waals surface area contributed by atoms with Crippen LogP contribution >= 0.6 is 0 Å². The van der Waals surface area contributed by atoms with E-state index in [1.54, 1.807) is 0 Å². The van der Waals surface area contributed by atoms with E-state index in [2.05, 4.69) is 41.5 Å². The minimum atomic E-state index is -1.82. The molecule has 3 N–H and O–H groups in total. The number of fused-ring (bicyclic) bond motifs is 1. The first-order valence-corrected chi connectivity index (χ1v) is 9.45. The normalized spacial score (nSPS) is 11.9. The van der Waals surface area contributed by atoms with E-state index in [4.69, 9.17) is 19.8 Å². The zero-order valence-electron chi connectivity index (χ0n) is 16.4. The number of amides is 1. The maximum atomic E-state index is 12.1. The molecule has 2 aromatic carbocycles. The van der Waals surface area contributed by atoms with Crippen LogP contribution in [0, 0.1) is 0 Å². The van der Waals surface area contributed by atoms with Gasteiger partial charge < -0.3 is 20.4 Å². The predicted octanol–water partition coefficient (Wildman–Crippen LogP) is 2.79. The minimum absolute atomic E-state index is 0.0860. The van der Waals surface area contributed by atoms with Gasteiger partial charge in [0, 0.05) is 25.2 Å². The fourth-order valence-electron chi connectivity index (χ4n) is 3.14. The Balaban J connectivity index is 0.000000438. The van der Waals surface area contributed by atoms with Crippen LogP contribution in [0.5, 0.6) is 0 Å². The molecule has 154 valence electrons. The fourth-order valence-corrected chi connectivity index (χ4v) is 3.14. The first-order chi connectivity index (χ1) is 13.8. The van der Waals surface area contributed by atoms with Crippen molar-refractivity contribution in [3.8, 4) is 0 Å². The number of carboxylic acids is 2. The van der Waals surface area contributed by atoms with Gasteiger partial charge in [0.2, 0.25) is 5.91 Å². The van der Waals surface area contributed by atoms with Crippen molar-refractivity contribution in [1.29, 1.82) is 0 Å². The molecule has 0 spiro atoms. The molecule has 0 atom stereocenters. The monoisotopic (exact) mass is 398 g/mol. The maximum Gasteiger partial charge on any atom is 0.414 e. The predicted molar refractivity (Wildman–Crippen MR) is 110 cm³/mol. The molecule has 29 heavy (non-hydrogen) atoms. The molecule has 0 saturated carbocycles. The molecular weight excluding hydrogens is 372 g/mol. The van der Waals surface area contributed by atoms with Gasteiger partial charge in [0.1, 0.15) is 0 Å². The number of hydrogen-bond donors (Lipinski definition) is 3. The van der Waals surface area contributed by atoms with E-state index in [1.807, 2.05) is 24.3 Å². The van der Waals surface area contributed by atoms with Gasteiger partial charge in [-0.1, -0.05) is 36.4 Å². The van der Waals surface area contributed by atoms with Crippen molar-refractivity contribution in [2.24, 2.45) is 0 Å². The Morgan fingerprint density at radius 2 is 1.62 bits per heavy atom. The molecule has 7 nitrogen and oxygen atoms in total. The first-order valence-electron chi connectivity index (χ1n) is 9.45. The van der Waals surface area contributed by atoms with Crippen molar-refractivity contribution in [2.45, 2.75) is 32.2 Å². The lowest BCUT2D eigenvalue weighted by molar-refractivity contribution is -0.159. The number of aliphatic carboxylic acids is 2. The third-order valence-electron chi connectivity index (χ3n) is 4.58. The highest BCUT2D eigenvalue weighted by atomic mass is 16.4. The Hall–Kier alpha value is -3.19. The summed E-state index contributed by atoms with van der Waals surface area (Å²) in [5, 5.41) is 17.8. The zero-order chi connectivity index (χ0) is 21.2. The highest BCUT2D eigenvalue weighted by Gasteiger charge is 2.12. The van der Waals surface area contributed by atoms with Crippen LogP contribution in [0.3, 0.4) is 0 Å². The van der Waals surface area contributed by atoms with Crippen molar-refractivity contribution in [2.75, 3.05) is 18.9 Å². The second-order valence-corrected chi connectivity index (χ2v) is 6.97. The van der Waals surface area contributed by atoms with Crippen molar-refractivity contribution >= 4 is 23.5 Å². The molecule has 0 saturated heterocycles. The van der Waals surface area contributed by atoms with Crippen LogP contribution in [0.2, 0.25) is 0 Å². The largest absolute Gasteiger partial charge is 0.473 e. The van der Waals surface area contributed by atoms with Gasteiger partial charge in [0.25, 0.3) is 0 Å². The molecule has 0 aliphatic heterocycles. The van der Waals surface area contributed by atoms with Gasteiger partial charge in [0.05, 0.1) is 0 Å². The summed E-state index contributed by atoms with van der Waals surface area (Å²) in [4.78, 5) is 32.5. The molecule has 1 aliphatic rings. The van der Waals surface area contributed by atoms with Gasteiger partial charge in [0.15, 0.2) is 0 Å². The number of hydrogen-bond acceptors (Lipinski definition) is 4. The molecule has 0 unspecified atom stereocenters. The summed E-state index contributed by atoms with van der Waals surface area (Å²) in [6.07, 6.45) is 4.06. The highest BCUT2D eigenvalue weighted by Crippen LogP contribution is 2.24. The number of rotatable bonds is 6. The molecule has 1 amide bonds. The summed E-state index contributed by atoms with van der Waals surface area (Å²) >= 11 is 0. The Morgan fingerprint density at radius 1 is 0.966 bits per heavy atom. The Labute approximate surface area is 170 Å². The van der Waals surface area contributed by atoms with E-state index < -0.39 is 11.9 Å². The first kappa shape index (κ1) is 22.1. The topological polar surface area (TPSA) is 107 Å². The molecular formula is C22H26N2O5. The van der Waals surface area contributed by atoms with E-state index in [0.717, 1.165) is 25.2 Å². The number of carbonyl (C=O) groups is 3. The average Bonchev–Trinajstić information content (AvgIpc) is 3.15. The summed E-state index contributed by atoms with van der Waals surface area (Å²) in [7, 11) is 2.05. The number of nitrogens with zero attached hydrogens (tertiary/aromatic N) is 1. The number of benzene rings is 2. The van der Waals surface area contributed by atoms with Crippen LogP contribution < -0.4 is 5.32 Å². The van der Waals surface area contributed by atoms with Gasteiger partial charge in [-0.2, -0.15) is 0 Å². The quantitative estimate of drug-likeness (QED) is 0.646. The average molecular weight is 398 g/mol. The molecule has 0 bridgehead atoms. The number of nitrogens with one attached hydrogen (secondary N) is 1. The number of aryl methyl sites for hydroxylation is 2. The lowest BCUT2D eigenvalue weighted by Crippen LogP contribution is -2.24. The molecule has 2 aromatic rings. The lowest BCUT2D eigenvalue weighted by atomic mass is 10.1. The standard InChI is InChI=1S/C20H24N2O.C2H2O4/c1-22(15-16-6-3-2-4-7-16)13-12-20(23)21-19-11-10-17-8-5-9-18(17)14-19;3-1(4)2(5)6/h2-4,6-7,10-11,14H,5,8-9,12-13,15H2,1H3,(H,21,23);(H,3,4)(H,5,6). The second kappa shape index (κ2) is 11.0. The third-order valence-corrected chi connectivity index (χ3v) is 4.58. The van der Waals surface area contributed by atoms with E-state index in [1.165, 1.54) is 29.5 Å². The molecule has 3 rings (SSSR count). The van der Waals surface area contributed by atoms with Crippen molar-refractivity contribution in [3.05, 3.63) is 65.2 Å². The van der Waals surface area contributed by atoms with Crippen LogP contribution in [0.15, 0.2) is 48.5 Å². The van der Waals surface area contributed by atoms with Crippen molar-refractivity contribution in [1.82, 2.24) is 4.90 Å². The molecule has 0 fully saturated rings. The number of carbonyl (C=O) groups excluding carboxylic acids is 1. The van der Waals surface area contributed by atoms with E-state index in [-0.39, 0.29) is 5.91 Å². The van der Waals surface area contributed by atoms with Gasteiger partial charge in [-0.25, -0.2) is 9.59 Å². The summed E-state index contributed by atoms with van der Waals surface area (Å²) < 4.78 is 0. The second-order valence-electron chi connectivity index (χ2n) is 6.97. The third kappa shape index (κ3) is 7.75. The van der Waals surface area contributed by atoms with Crippen LogP contribution in [-0.4, -0.2) is 46.6 Å². The minimum Gasteiger partial charge on any atom is -0.473 e. The smallest absolute Gasteiger partial charge is 0.414 e. The van der Waals surface area contributed by atoms with E-state index in [9.17, 15) is 4.79 Å². The van der Waals surface area contributed by atoms with Crippen molar-refractivity contribution < 1.29 is 24.6 Å². The summed E-state index contributed by atoms with van der Waals surface area (Å²) in [6, 6.07) is 16.6. The fraction of sp³-hybridized carbons (Fsp3) is 0.318. The molecule has 1 aliphatic carbocycles.